The van der Waals surface area contributed by atoms with Crippen LogP contribution in [0.2, 0.25) is 0 Å². The Labute approximate surface area is 163 Å². The average Bonchev–Trinajstić information content (AvgIpc) is 3.33. The maximum atomic E-state index is 12.3. The molecule has 142 valence electrons. The first-order chi connectivity index (χ1) is 12.4. The van der Waals surface area contributed by atoms with Gasteiger partial charge in [-0.25, -0.2) is 4.79 Å². The second kappa shape index (κ2) is 8.42. The van der Waals surface area contributed by atoms with Gasteiger partial charge >= 0.3 is 6.03 Å². The van der Waals surface area contributed by atoms with Crippen LogP contribution in [0.1, 0.15) is 57.4 Å². The van der Waals surface area contributed by atoms with Crippen molar-refractivity contribution in [2.45, 2.75) is 70.0 Å². The minimum atomic E-state index is -0.112. The summed E-state index contributed by atoms with van der Waals surface area (Å²) in [5, 5.41) is 9.14. The number of benzene rings is 1. The summed E-state index contributed by atoms with van der Waals surface area (Å²) in [7, 11) is 0. The molecule has 0 bridgehead atoms. The number of rotatable bonds is 5. The lowest BCUT2D eigenvalue weighted by Crippen LogP contribution is -2.47. The fraction of sp³-hybridized carbons (Fsp3) is 0.600. The summed E-state index contributed by atoms with van der Waals surface area (Å²) in [4.78, 5) is 24.6. The van der Waals surface area contributed by atoms with E-state index in [2.05, 4.69) is 37.9 Å². The van der Waals surface area contributed by atoms with E-state index in [4.69, 9.17) is 0 Å². The summed E-state index contributed by atoms with van der Waals surface area (Å²) in [6, 6.07) is 8.48. The summed E-state index contributed by atoms with van der Waals surface area (Å²) in [6.07, 6.45) is 4.52. The van der Waals surface area contributed by atoms with Gasteiger partial charge in [0.15, 0.2) is 0 Å². The molecule has 5 nitrogen and oxygen atoms in total. The highest BCUT2D eigenvalue weighted by Gasteiger charge is 2.40. The first kappa shape index (κ1) is 19.2. The summed E-state index contributed by atoms with van der Waals surface area (Å²) in [6.45, 7) is 3.95. The van der Waals surface area contributed by atoms with Crippen molar-refractivity contribution in [1.82, 2.24) is 16.0 Å². The number of hydrogen-bond acceptors (Lipinski definition) is 2. The van der Waals surface area contributed by atoms with Crippen LogP contribution in [0, 0.1) is 5.92 Å². The minimum absolute atomic E-state index is 0.00500. The van der Waals surface area contributed by atoms with Crippen LogP contribution >= 0.6 is 15.9 Å². The number of carbonyl (C=O) groups is 2. The van der Waals surface area contributed by atoms with Gasteiger partial charge in [-0.1, -0.05) is 40.5 Å². The number of amides is 3. The average molecular weight is 422 g/mol. The molecule has 0 radical (unpaired) electrons. The molecule has 3 rings (SSSR count). The van der Waals surface area contributed by atoms with Crippen molar-refractivity contribution in [1.29, 1.82) is 0 Å². The highest BCUT2D eigenvalue weighted by Crippen LogP contribution is 2.43. The van der Waals surface area contributed by atoms with Crippen LogP contribution in [0.3, 0.4) is 0 Å². The van der Waals surface area contributed by atoms with Crippen LogP contribution in [0.15, 0.2) is 28.7 Å². The third-order valence-electron chi connectivity index (χ3n) is 5.22. The fourth-order valence-corrected chi connectivity index (χ4v) is 4.41. The van der Waals surface area contributed by atoms with Gasteiger partial charge in [-0.2, -0.15) is 0 Å². The van der Waals surface area contributed by atoms with Crippen LogP contribution in [-0.4, -0.2) is 30.1 Å². The van der Waals surface area contributed by atoms with Gasteiger partial charge in [-0.3, -0.25) is 4.79 Å². The summed E-state index contributed by atoms with van der Waals surface area (Å²) in [5.41, 5.74) is 1.25. The molecular weight excluding hydrogens is 394 g/mol. The van der Waals surface area contributed by atoms with Crippen LogP contribution in [0.5, 0.6) is 0 Å². The molecule has 1 aromatic rings. The van der Waals surface area contributed by atoms with Crippen molar-refractivity contribution in [2.75, 3.05) is 0 Å². The van der Waals surface area contributed by atoms with Crippen molar-refractivity contribution in [3.05, 3.63) is 34.3 Å². The molecule has 2 fully saturated rings. The first-order valence-corrected chi connectivity index (χ1v) is 10.3. The second-order valence-electron chi connectivity index (χ2n) is 7.81. The summed E-state index contributed by atoms with van der Waals surface area (Å²) in [5.74, 6) is 0.501. The third kappa shape index (κ3) is 5.00. The third-order valence-corrected chi connectivity index (χ3v) is 5.94. The lowest BCUT2D eigenvalue weighted by molar-refractivity contribution is -0.126. The number of nitrogens with one attached hydrogen (secondary N) is 3. The van der Waals surface area contributed by atoms with Crippen LogP contribution in [0.4, 0.5) is 4.79 Å². The predicted octanol–water partition coefficient (Wildman–Crippen LogP) is 3.69. The van der Waals surface area contributed by atoms with Gasteiger partial charge in [-0.15, -0.1) is 0 Å². The minimum Gasteiger partial charge on any atom is -0.354 e. The highest BCUT2D eigenvalue weighted by atomic mass is 79.9. The molecule has 4 unspecified atom stereocenters. The smallest absolute Gasteiger partial charge is 0.315 e. The van der Waals surface area contributed by atoms with E-state index in [9.17, 15) is 9.59 Å². The van der Waals surface area contributed by atoms with Gasteiger partial charge in [0.25, 0.3) is 0 Å². The largest absolute Gasteiger partial charge is 0.354 e. The maximum absolute atomic E-state index is 12.3. The zero-order chi connectivity index (χ0) is 18.7. The van der Waals surface area contributed by atoms with E-state index in [0.29, 0.717) is 5.92 Å². The van der Waals surface area contributed by atoms with Crippen molar-refractivity contribution < 1.29 is 9.59 Å². The van der Waals surface area contributed by atoms with Crippen LogP contribution < -0.4 is 16.0 Å². The molecule has 0 saturated heterocycles. The molecule has 2 aliphatic rings. The van der Waals surface area contributed by atoms with E-state index in [1.165, 1.54) is 5.56 Å². The van der Waals surface area contributed by atoms with Crippen molar-refractivity contribution in [3.8, 4) is 0 Å². The Kier molecular flexibility index (Phi) is 6.22. The van der Waals surface area contributed by atoms with E-state index in [1.807, 2.05) is 32.0 Å². The fourth-order valence-electron chi connectivity index (χ4n) is 3.83. The summed E-state index contributed by atoms with van der Waals surface area (Å²) >= 11 is 3.58. The molecule has 1 aromatic carbocycles. The summed E-state index contributed by atoms with van der Waals surface area (Å²) < 4.78 is 1.10. The molecule has 3 amide bonds. The molecule has 0 spiro atoms. The van der Waals surface area contributed by atoms with E-state index < -0.39 is 0 Å². The van der Waals surface area contributed by atoms with Gasteiger partial charge in [0.05, 0.1) is 0 Å². The quantitative estimate of drug-likeness (QED) is 0.678. The normalized spacial score (nSPS) is 27.7. The molecule has 4 atom stereocenters. The zero-order valence-corrected chi connectivity index (χ0v) is 17.0. The molecule has 26 heavy (non-hydrogen) atoms. The van der Waals surface area contributed by atoms with Crippen molar-refractivity contribution in [2.24, 2.45) is 5.92 Å². The van der Waals surface area contributed by atoms with Crippen molar-refractivity contribution >= 4 is 27.9 Å². The Morgan fingerprint density at radius 1 is 1.12 bits per heavy atom. The molecule has 2 aliphatic carbocycles. The lowest BCUT2D eigenvalue weighted by atomic mass is 9.85. The number of urea groups is 1. The first-order valence-electron chi connectivity index (χ1n) is 9.56. The molecule has 2 saturated carbocycles. The Balaban J connectivity index is 1.45. The Morgan fingerprint density at radius 2 is 1.88 bits per heavy atom. The van der Waals surface area contributed by atoms with Crippen LogP contribution in [0.25, 0.3) is 0 Å². The lowest BCUT2D eigenvalue weighted by Gasteiger charge is -2.29. The number of halogens is 1. The zero-order valence-electron chi connectivity index (χ0n) is 15.4. The van der Waals surface area contributed by atoms with Gasteiger partial charge in [-0.05, 0) is 51.2 Å². The number of carbonyl (C=O) groups excluding carboxylic acids is 2. The van der Waals surface area contributed by atoms with Crippen molar-refractivity contribution in [3.63, 3.8) is 0 Å². The van der Waals surface area contributed by atoms with Gasteiger partial charge in [0.1, 0.15) is 0 Å². The molecule has 3 N–H and O–H groups in total. The second-order valence-corrected chi connectivity index (χ2v) is 8.67. The van der Waals surface area contributed by atoms with E-state index in [-0.39, 0.29) is 36.0 Å². The van der Waals surface area contributed by atoms with Gasteiger partial charge in [0.2, 0.25) is 5.91 Å². The monoisotopic (exact) mass is 421 g/mol. The Bertz CT molecular complexity index is 664. The SMILES string of the molecule is CC(C)NC(=O)C1CCCC(NC(=O)NC2CC2c2ccccc2Br)C1. The highest BCUT2D eigenvalue weighted by molar-refractivity contribution is 9.10. The molecule has 0 heterocycles. The molecule has 0 aromatic heterocycles. The Hall–Kier alpha value is -1.56. The predicted molar refractivity (Wildman–Crippen MR) is 106 cm³/mol. The van der Waals surface area contributed by atoms with Gasteiger partial charge in [0, 0.05) is 34.4 Å². The molecule has 0 aliphatic heterocycles. The van der Waals surface area contributed by atoms with Crippen LogP contribution in [-0.2, 0) is 4.79 Å². The number of hydrogen-bond donors (Lipinski definition) is 3. The van der Waals surface area contributed by atoms with E-state index in [1.54, 1.807) is 0 Å². The van der Waals surface area contributed by atoms with Gasteiger partial charge < -0.3 is 16.0 Å². The van der Waals surface area contributed by atoms with E-state index >= 15 is 0 Å². The topological polar surface area (TPSA) is 70.2 Å². The standard InChI is InChI=1S/C20H28BrN3O2/c1-12(2)22-19(25)13-6-5-7-14(10-13)23-20(26)24-18-11-16(18)15-8-3-4-9-17(15)21/h3-4,8-9,12-14,16,18H,5-7,10-11H2,1-2H3,(H,22,25)(H2,23,24,26). The Morgan fingerprint density at radius 3 is 2.62 bits per heavy atom. The van der Waals surface area contributed by atoms with E-state index in [0.717, 1.165) is 36.6 Å². The maximum Gasteiger partial charge on any atom is 0.315 e. The molecule has 6 heteroatoms. The molecular formula is C20H28BrN3O2.